The van der Waals surface area contributed by atoms with Crippen molar-refractivity contribution in [1.29, 1.82) is 0 Å². The number of esters is 1. The number of imide groups is 2. The average molecular weight is 1010 g/mol. The molecule has 0 bridgehead atoms. The van der Waals surface area contributed by atoms with E-state index in [1.165, 1.54) is 51.0 Å². The van der Waals surface area contributed by atoms with Gasteiger partial charge in [0.1, 0.15) is 12.6 Å². The van der Waals surface area contributed by atoms with Gasteiger partial charge in [0, 0.05) is 25.9 Å². The zero-order valence-electron chi connectivity index (χ0n) is 42.4. The molecule has 1 atom stereocenters. The number of nitrogens with one attached hydrogen (secondary N) is 2. The van der Waals surface area contributed by atoms with Crippen LogP contribution in [0.15, 0.2) is 18.2 Å². The third kappa shape index (κ3) is 28.8. The largest absolute Gasteiger partial charge is 0.463 e. The molecular weight excluding hydrogens is 927 g/mol. The Morgan fingerprint density at radius 3 is 1.42 bits per heavy atom. The number of fused-ring (bicyclic) bond motifs is 1. The lowest BCUT2D eigenvalue weighted by Crippen LogP contribution is -2.54. The number of amides is 5. The standard InChI is InChI=1S/C51H83N3O17/c1-2-3-4-5-6-7-8-9-12-18-47(57)71-41-40-70-39-38-69-37-36-68-35-34-67-33-32-66-31-30-65-29-28-64-27-26-63-25-24-62-23-22-61-21-13-10-11-17-45(55)52-43-16-14-15-42-48(43)51(60)54(50(42)59)44-19-20-46(56)53-49(44)58/h14-16,44H,2-13,17-41H2,1H3,(H,52,55)(H,53,56,58). The Hall–Kier alpha value is -3.96. The van der Waals surface area contributed by atoms with Gasteiger partial charge in [-0.05, 0) is 37.8 Å². The zero-order chi connectivity index (χ0) is 50.8. The minimum absolute atomic E-state index is 0.0253. The molecule has 404 valence electrons. The first-order chi connectivity index (χ1) is 34.8. The van der Waals surface area contributed by atoms with E-state index in [1.54, 1.807) is 12.1 Å². The lowest BCUT2D eigenvalue weighted by atomic mass is 10.0. The molecule has 2 aliphatic heterocycles. The van der Waals surface area contributed by atoms with E-state index in [9.17, 15) is 28.8 Å². The van der Waals surface area contributed by atoms with Gasteiger partial charge in [-0.1, -0.05) is 70.8 Å². The number of anilines is 1. The van der Waals surface area contributed by atoms with E-state index in [2.05, 4.69) is 17.6 Å². The molecule has 1 aromatic carbocycles. The Morgan fingerprint density at radius 2 is 0.944 bits per heavy atom. The highest BCUT2D eigenvalue weighted by atomic mass is 16.6. The number of hydrogen-bond donors (Lipinski definition) is 2. The molecule has 1 saturated heterocycles. The summed E-state index contributed by atoms with van der Waals surface area (Å²) in [6.45, 7) is 11.6. The molecule has 0 spiro atoms. The van der Waals surface area contributed by atoms with E-state index < -0.39 is 29.7 Å². The smallest absolute Gasteiger partial charge is 0.305 e. The maximum atomic E-state index is 13.2. The van der Waals surface area contributed by atoms with Gasteiger partial charge in [-0.2, -0.15) is 0 Å². The van der Waals surface area contributed by atoms with Crippen LogP contribution in [0.25, 0.3) is 0 Å². The molecule has 1 fully saturated rings. The van der Waals surface area contributed by atoms with Crippen LogP contribution in [-0.2, 0) is 71.3 Å². The second kappa shape index (κ2) is 41.5. The van der Waals surface area contributed by atoms with Crippen molar-refractivity contribution < 1.29 is 80.9 Å². The molecule has 2 heterocycles. The first-order valence-electron chi connectivity index (χ1n) is 25.9. The van der Waals surface area contributed by atoms with Gasteiger partial charge < -0.3 is 57.4 Å². The highest BCUT2D eigenvalue weighted by molar-refractivity contribution is 6.26. The molecule has 5 amide bonds. The van der Waals surface area contributed by atoms with Gasteiger partial charge in [0.05, 0.1) is 142 Å². The maximum absolute atomic E-state index is 13.2. The fourth-order valence-corrected chi connectivity index (χ4v) is 7.45. The zero-order valence-corrected chi connectivity index (χ0v) is 42.4. The van der Waals surface area contributed by atoms with Crippen LogP contribution in [-0.4, -0.2) is 185 Å². The van der Waals surface area contributed by atoms with Gasteiger partial charge in [0.2, 0.25) is 17.7 Å². The van der Waals surface area contributed by atoms with Gasteiger partial charge in [-0.3, -0.25) is 39.0 Å². The summed E-state index contributed by atoms with van der Waals surface area (Å²) in [5.41, 5.74) is 0.374. The molecule has 1 aromatic rings. The number of carbonyl (C=O) groups is 6. The number of piperidine rings is 1. The lowest BCUT2D eigenvalue weighted by Gasteiger charge is -2.27. The molecule has 3 rings (SSSR count). The van der Waals surface area contributed by atoms with E-state index in [1.807, 2.05) is 0 Å². The summed E-state index contributed by atoms with van der Waals surface area (Å²) in [6, 6.07) is 3.52. The Balaban J connectivity index is 0.952. The second-order valence-electron chi connectivity index (χ2n) is 17.0. The van der Waals surface area contributed by atoms with Crippen molar-refractivity contribution in [3.05, 3.63) is 29.3 Å². The lowest BCUT2D eigenvalue weighted by molar-refractivity contribution is -0.145. The summed E-state index contributed by atoms with van der Waals surface area (Å²) in [6.07, 6.45) is 13.9. The van der Waals surface area contributed by atoms with Crippen LogP contribution in [0.4, 0.5) is 5.69 Å². The highest BCUT2D eigenvalue weighted by Gasteiger charge is 2.45. The quantitative estimate of drug-likeness (QED) is 0.0484. The highest BCUT2D eigenvalue weighted by Crippen LogP contribution is 2.32. The van der Waals surface area contributed by atoms with Gasteiger partial charge in [0.25, 0.3) is 11.8 Å². The molecule has 20 nitrogen and oxygen atoms in total. The van der Waals surface area contributed by atoms with Crippen LogP contribution in [0.3, 0.4) is 0 Å². The summed E-state index contributed by atoms with van der Waals surface area (Å²) >= 11 is 0. The summed E-state index contributed by atoms with van der Waals surface area (Å²) < 4.78 is 60.4. The van der Waals surface area contributed by atoms with E-state index in [4.69, 9.17) is 52.1 Å². The molecule has 0 saturated carbocycles. The van der Waals surface area contributed by atoms with Crippen LogP contribution >= 0.6 is 0 Å². The van der Waals surface area contributed by atoms with E-state index >= 15 is 0 Å². The maximum Gasteiger partial charge on any atom is 0.305 e. The number of benzene rings is 1. The number of unbranched alkanes of at least 4 members (excludes halogenated alkanes) is 10. The van der Waals surface area contributed by atoms with Crippen molar-refractivity contribution in [2.24, 2.45) is 0 Å². The average Bonchev–Trinajstić information content (AvgIpc) is 3.61. The summed E-state index contributed by atoms with van der Waals surface area (Å²) in [7, 11) is 0. The van der Waals surface area contributed by atoms with E-state index in [-0.39, 0.29) is 54.6 Å². The number of hydrogen-bond acceptors (Lipinski definition) is 17. The van der Waals surface area contributed by atoms with Crippen LogP contribution in [0.2, 0.25) is 0 Å². The van der Waals surface area contributed by atoms with Crippen LogP contribution in [0.5, 0.6) is 0 Å². The SMILES string of the molecule is CCCCCCCCCCCC(=O)OCCOCCOCCOCCOCCOCCOCCOCCOCCOCCOCCCCCC(=O)Nc1cccc2c1C(=O)N(C1CCC(=O)NC1=O)C2=O. The Labute approximate surface area is 420 Å². The van der Waals surface area contributed by atoms with Crippen molar-refractivity contribution in [3.8, 4) is 0 Å². The van der Waals surface area contributed by atoms with Gasteiger partial charge >= 0.3 is 5.97 Å². The van der Waals surface area contributed by atoms with Gasteiger partial charge in [-0.25, -0.2) is 0 Å². The Kier molecular flexibility index (Phi) is 35.9. The van der Waals surface area contributed by atoms with E-state index in [0.29, 0.717) is 145 Å². The Bertz CT molecular complexity index is 1630. The molecule has 0 aliphatic carbocycles. The van der Waals surface area contributed by atoms with Crippen molar-refractivity contribution in [2.75, 3.05) is 144 Å². The number of ether oxygens (including phenoxy) is 11. The van der Waals surface area contributed by atoms with Crippen LogP contribution in [0, 0.1) is 0 Å². The van der Waals surface area contributed by atoms with Gasteiger partial charge in [-0.15, -0.1) is 0 Å². The minimum atomic E-state index is -1.08. The molecule has 2 N–H and O–H groups in total. The minimum Gasteiger partial charge on any atom is -0.463 e. The molecule has 20 heteroatoms. The first kappa shape index (κ1) is 61.3. The van der Waals surface area contributed by atoms with Crippen LogP contribution in [0.1, 0.15) is 130 Å². The molecular formula is C51H83N3O17. The van der Waals surface area contributed by atoms with Crippen molar-refractivity contribution in [2.45, 2.75) is 116 Å². The number of carbonyl (C=O) groups excluding carboxylic acids is 6. The number of nitrogens with zero attached hydrogens (tertiary/aromatic N) is 1. The van der Waals surface area contributed by atoms with Crippen molar-refractivity contribution in [1.82, 2.24) is 10.2 Å². The number of rotatable bonds is 48. The predicted molar refractivity (Wildman–Crippen MR) is 261 cm³/mol. The summed E-state index contributed by atoms with van der Waals surface area (Å²) in [5, 5.41) is 4.91. The fraction of sp³-hybridized carbons (Fsp3) is 0.765. The normalized spacial score (nSPS) is 14.6. The molecule has 71 heavy (non-hydrogen) atoms. The summed E-state index contributed by atoms with van der Waals surface area (Å²) in [5.74, 6) is -2.88. The van der Waals surface area contributed by atoms with E-state index in [0.717, 1.165) is 30.6 Å². The van der Waals surface area contributed by atoms with Crippen LogP contribution < -0.4 is 10.6 Å². The third-order valence-electron chi connectivity index (χ3n) is 11.3. The molecule has 0 radical (unpaired) electrons. The topological polar surface area (TPSA) is 231 Å². The monoisotopic (exact) mass is 1010 g/mol. The second-order valence-corrected chi connectivity index (χ2v) is 17.0. The molecule has 1 unspecified atom stereocenters. The summed E-state index contributed by atoms with van der Waals surface area (Å²) in [4.78, 5) is 75.5. The fourth-order valence-electron chi connectivity index (χ4n) is 7.45. The Morgan fingerprint density at radius 1 is 0.521 bits per heavy atom. The van der Waals surface area contributed by atoms with Gasteiger partial charge in [0.15, 0.2) is 0 Å². The molecule has 0 aromatic heterocycles. The third-order valence-corrected chi connectivity index (χ3v) is 11.3. The predicted octanol–water partition coefficient (Wildman–Crippen LogP) is 5.22. The molecule has 2 aliphatic rings. The first-order valence-corrected chi connectivity index (χ1v) is 25.9. The van der Waals surface area contributed by atoms with Crippen molar-refractivity contribution in [3.63, 3.8) is 0 Å². The van der Waals surface area contributed by atoms with Crippen molar-refractivity contribution >= 4 is 41.2 Å².